The number of benzene rings is 1. The molecule has 1 aromatic carbocycles. The van der Waals surface area contributed by atoms with Gasteiger partial charge in [0.1, 0.15) is 19.0 Å². The molecule has 0 aliphatic rings. The minimum absolute atomic E-state index is 0.176. The van der Waals surface area contributed by atoms with Gasteiger partial charge in [-0.25, -0.2) is 4.79 Å². The molecule has 0 atom stereocenters. The van der Waals surface area contributed by atoms with E-state index in [9.17, 15) is 18.0 Å². The molecule has 5 nitrogen and oxygen atoms in total. The van der Waals surface area contributed by atoms with Crippen molar-refractivity contribution in [3.8, 4) is 5.75 Å². The monoisotopic (exact) mass is 341 g/mol. The first-order valence-corrected chi connectivity index (χ1v) is 6.89. The van der Waals surface area contributed by atoms with Gasteiger partial charge >= 0.3 is 12.3 Å². The highest BCUT2D eigenvalue weighted by molar-refractivity contribution is 5.70. The van der Waals surface area contributed by atoms with Crippen LogP contribution in [-0.4, -0.2) is 23.9 Å². The third-order valence-corrected chi connectivity index (χ3v) is 2.74. The van der Waals surface area contributed by atoms with Crippen LogP contribution in [0.15, 0.2) is 48.8 Å². The summed E-state index contributed by atoms with van der Waals surface area (Å²) in [6.45, 7) is -0.240. The molecule has 1 heterocycles. The fraction of sp³-hybridized carbons (Fsp3) is 0.250. The topological polar surface area (TPSA) is 57.7 Å². The van der Waals surface area contributed by atoms with Gasteiger partial charge in [0.15, 0.2) is 0 Å². The Hall–Kier alpha value is -2.61. The van der Waals surface area contributed by atoms with E-state index in [1.165, 1.54) is 12.1 Å². The summed E-state index contributed by atoms with van der Waals surface area (Å²) in [6, 6.07) is 8.75. The van der Waals surface area contributed by atoms with E-state index in [2.05, 4.69) is 9.72 Å². The van der Waals surface area contributed by atoms with Crippen LogP contribution in [0, 0.1) is 0 Å². The molecular formula is C16H14F3NO4. The molecule has 24 heavy (non-hydrogen) atoms. The second-order valence-electron chi connectivity index (χ2n) is 4.71. The van der Waals surface area contributed by atoms with Gasteiger partial charge in [-0.05, 0) is 29.3 Å². The van der Waals surface area contributed by atoms with Crippen molar-refractivity contribution in [3.63, 3.8) is 0 Å². The van der Waals surface area contributed by atoms with Crippen LogP contribution in [0.2, 0.25) is 0 Å². The molecule has 0 amide bonds. The quantitative estimate of drug-likeness (QED) is 0.724. The van der Waals surface area contributed by atoms with E-state index >= 15 is 0 Å². The third kappa shape index (κ3) is 6.66. The SMILES string of the molecule is O=C(COCc1cccnc1)OCc1cccc(OC(F)(F)F)c1. The molecular weight excluding hydrogens is 327 g/mol. The van der Waals surface area contributed by atoms with Crippen LogP contribution in [0.25, 0.3) is 0 Å². The number of aromatic nitrogens is 1. The van der Waals surface area contributed by atoms with Crippen LogP contribution in [0.3, 0.4) is 0 Å². The van der Waals surface area contributed by atoms with E-state index in [4.69, 9.17) is 9.47 Å². The molecule has 0 saturated heterocycles. The lowest BCUT2D eigenvalue weighted by atomic mass is 10.2. The highest BCUT2D eigenvalue weighted by Gasteiger charge is 2.31. The summed E-state index contributed by atoms with van der Waals surface area (Å²) in [5.41, 5.74) is 1.18. The van der Waals surface area contributed by atoms with E-state index in [-0.39, 0.29) is 25.6 Å². The van der Waals surface area contributed by atoms with Crippen LogP contribution in [-0.2, 0) is 27.5 Å². The maximum atomic E-state index is 12.1. The molecule has 0 N–H and O–H groups in total. The lowest BCUT2D eigenvalue weighted by Gasteiger charge is -2.10. The predicted molar refractivity (Wildman–Crippen MR) is 76.8 cm³/mol. The Labute approximate surface area is 136 Å². The maximum absolute atomic E-state index is 12.1. The van der Waals surface area contributed by atoms with Crippen molar-refractivity contribution < 1.29 is 32.2 Å². The van der Waals surface area contributed by atoms with Crippen molar-refractivity contribution in [2.45, 2.75) is 19.6 Å². The van der Waals surface area contributed by atoms with Gasteiger partial charge in [0.2, 0.25) is 0 Å². The second kappa shape index (κ2) is 8.30. The van der Waals surface area contributed by atoms with Crippen molar-refractivity contribution in [1.29, 1.82) is 0 Å². The molecule has 2 aromatic rings. The first-order chi connectivity index (χ1) is 11.4. The number of rotatable bonds is 7. The maximum Gasteiger partial charge on any atom is 0.573 e. The minimum atomic E-state index is -4.77. The normalized spacial score (nSPS) is 11.1. The standard InChI is InChI=1S/C16H14F3NO4/c17-16(18,19)24-14-5-1-3-12(7-14)10-23-15(21)11-22-9-13-4-2-6-20-8-13/h1-8H,9-11H2. The minimum Gasteiger partial charge on any atom is -0.459 e. The van der Waals surface area contributed by atoms with Gasteiger partial charge < -0.3 is 14.2 Å². The van der Waals surface area contributed by atoms with Gasteiger partial charge in [0.05, 0.1) is 6.61 Å². The van der Waals surface area contributed by atoms with Crippen molar-refractivity contribution in [2.24, 2.45) is 0 Å². The summed E-state index contributed by atoms with van der Waals surface area (Å²) in [5, 5.41) is 0. The van der Waals surface area contributed by atoms with Crippen LogP contribution in [0.4, 0.5) is 13.2 Å². The van der Waals surface area contributed by atoms with Crippen molar-refractivity contribution >= 4 is 5.97 Å². The highest BCUT2D eigenvalue weighted by atomic mass is 19.4. The fourth-order valence-electron chi connectivity index (χ4n) is 1.77. The molecule has 0 fully saturated rings. The Morgan fingerprint density at radius 3 is 2.58 bits per heavy atom. The first kappa shape index (κ1) is 17.7. The molecule has 0 unspecified atom stereocenters. The Morgan fingerprint density at radius 2 is 1.88 bits per heavy atom. The summed E-state index contributed by atoms with van der Waals surface area (Å²) in [5.74, 6) is -0.995. The molecule has 0 spiro atoms. The van der Waals surface area contributed by atoms with Crippen molar-refractivity contribution in [1.82, 2.24) is 4.98 Å². The number of pyridine rings is 1. The van der Waals surface area contributed by atoms with Gasteiger partial charge in [-0.1, -0.05) is 18.2 Å². The number of nitrogens with zero attached hydrogens (tertiary/aromatic N) is 1. The molecule has 2 rings (SSSR count). The molecule has 0 aliphatic carbocycles. The van der Waals surface area contributed by atoms with E-state index in [1.807, 2.05) is 0 Å². The molecule has 128 valence electrons. The van der Waals surface area contributed by atoms with Crippen molar-refractivity contribution in [3.05, 3.63) is 59.9 Å². The summed E-state index contributed by atoms with van der Waals surface area (Å²) >= 11 is 0. The average molecular weight is 341 g/mol. The predicted octanol–water partition coefficient (Wildman–Crippen LogP) is 3.24. The van der Waals surface area contributed by atoms with Gasteiger partial charge in [-0.2, -0.15) is 0 Å². The number of carbonyl (C=O) groups is 1. The second-order valence-corrected chi connectivity index (χ2v) is 4.71. The first-order valence-electron chi connectivity index (χ1n) is 6.89. The Kier molecular flexibility index (Phi) is 6.14. The van der Waals surface area contributed by atoms with E-state index in [0.29, 0.717) is 5.56 Å². The molecule has 1 aromatic heterocycles. The zero-order chi connectivity index (χ0) is 17.4. The van der Waals surface area contributed by atoms with Crippen LogP contribution >= 0.6 is 0 Å². The van der Waals surface area contributed by atoms with E-state index in [0.717, 1.165) is 17.7 Å². The third-order valence-electron chi connectivity index (χ3n) is 2.74. The van der Waals surface area contributed by atoms with E-state index < -0.39 is 12.3 Å². The average Bonchev–Trinajstić information content (AvgIpc) is 2.53. The van der Waals surface area contributed by atoms with Gasteiger partial charge in [-0.3, -0.25) is 4.98 Å². The fourth-order valence-corrected chi connectivity index (χ4v) is 1.77. The zero-order valence-corrected chi connectivity index (χ0v) is 12.5. The Bertz CT molecular complexity index is 662. The Morgan fingerprint density at radius 1 is 1.08 bits per heavy atom. The number of carbonyl (C=O) groups excluding carboxylic acids is 1. The number of halogens is 3. The highest BCUT2D eigenvalue weighted by Crippen LogP contribution is 2.23. The molecule has 0 radical (unpaired) electrons. The lowest BCUT2D eigenvalue weighted by Crippen LogP contribution is -2.17. The number of hydrogen-bond acceptors (Lipinski definition) is 5. The Balaban J connectivity index is 1.74. The lowest BCUT2D eigenvalue weighted by molar-refractivity contribution is -0.274. The number of alkyl halides is 3. The number of ether oxygens (including phenoxy) is 3. The summed E-state index contributed by atoms with van der Waals surface area (Å²) in [6.07, 6.45) is -1.54. The number of hydrogen-bond donors (Lipinski definition) is 0. The van der Waals surface area contributed by atoms with Gasteiger partial charge in [-0.15, -0.1) is 13.2 Å². The van der Waals surface area contributed by atoms with Crippen LogP contribution in [0.1, 0.15) is 11.1 Å². The summed E-state index contributed by atoms with van der Waals surface area (Å²) in [7, 11) is 0. The molecule has 0 saturated carbocycles. The number of esters is 1. The molecule has 8 heteroatoms. The largest absolute Gasteiger partial charge is 0.573 e. The molecule has 0 aliphatic heterocycles. The summed E-state index contributed by atoms with van der Waals surface area (Å²) in [4.78, 5) is 15.5. The van der Waals surface area contributed by atoms with Crippen LogP contribution in [0.5, 0.6) is 5.75 Å². The zero-order valence-electron chi connectivity index (χ0n) is 12.5. The van der Waals surface area contributed by atoms with Crippen LogP contribution < -0.4 is 4.74 Å². The van der Waals surface area contributed by atoms with Gasteiger partial charge in [0.25, 0.3) is 0 Å². The van der Waals surface area contributed by atoms with Gasteiger partial charge in [0, 0.05) is 12.4 Å². The van der Waals surface area contributed by atoms with E-state index in [1.54, 1.807) is 24.5 Å². The van der Waals surface area contributed by atoms with Crippen molar-refractivity contribution in [2.75, 3.05) is 6.61 Å². The molecule has 0 bridgehead atoms. The smallest absolute Gasteiger partial charge is 0.459 e. The summed E-state index contributed by atoms with van der Waals surface area (Å²) < 4.78 is 50.3.